The van der Waals surface area contributed by atoms with E-state index in [1.165, 1.54) is 18.2 Å². The minimum absolute atomic E-state index is 0.0224. The molecule has 3 heterocycles. The molecule has 1 aliphatic rings. The molecule has 0 bridgehead atoms. The summed E-state index contributed by atoms with van der Waals surface area (Å²) in [5, 5.41) is 16.0. The zero-order valence-corrected chi connectivity index (χ0v) is 17.1. The van der Waals surface area contributed by atoms with Crippen LogP contribution < -0.4 is 5.01 Å². The van der Waals surface area contributed by atoms with Gasteiger partial charge in [0.1, 0.15) is 0 Å². The first kappa shape index (κ1) is 22.2. The third-order valence-electron chi connectivity index (χ3n) is 4.79. The fourth-order valence-electron chi connectivity index (χ4n) is 3.11. The number of hydrogen-bond acceptors (Lipinski definition) is 6. The quantitative estimate of drug-likeness (QED) is 0.519. The van der Waals surface area contributed by atoms with Crippen LogP contribution in [0.5, 0.6) is 0 Å². The Hall–Kier alpha value is -2.99. The highest BCUT2D eigenvalue weighted by molar-refractivity contribution is 7.13. The first-order valence-corrected chi connectivity index (χ1v) is 10.0. The lowest BCUT2D eigenvalue weighted by Crippen LogP contribution is -2.55. The van der Waals surface area contributed by atoms with Gasteiger partial charge in [-0.15, -0.1) is 11.3 Å². The van der Waals surface area contributed by atoms with Crippen LogP contribution in [0.25, 0.3) is 10.6 Å². The molecule has 1 aliphatic heterocycles. The van der Waals surface area contributed by atoms with Crippen LogP contribution in [0.1, 0.15) is 23.2 Å². The molecule has 3 aromatic rings. The van der Waals surface area contributed by atoms with Crippen molar-refractivity contribution in [2.75, 3.05) is 5.01 Å². The van der Waals surface area contributed by atoms with Crippen molar-refractivity contribution in [3.05, 3.63) is 64.7 Å². The Morgan fingerprint density at radius 2 is 1.72 bits per heavy atom. The van der Waals surface area contributed by atoms with E-state index in [2.05, 4.69) is 15.1 Å². The molecule has 0 radical (unpaired) electrons. The lowest BCUT2D eigenvalue weighted by atomic mass is 10.0. The largest absolute Gasteiger partial charge is 0.438 e. The summed E-state index contributed by atoms with van der Waals surface area (Å²) in [6.07, 6.45) is -11.2. The lowest BCUT2D eigenvalue weighted by Gasteiger charge is -2.32. The van der Waals surface area contributed by atoms with E-state index in [9.17, 15) is 31.4 Å². The predicted molar refractivity (Wildman–Crippen MR) is 106 cm³/mol. The van der Waals surface area contributed by atoms with E-state index >= 15 is 0 Å². The highest BCUT2D eigenvalue weighted by Gasteiger charge is 2.63. The summed E-state index contributed by atoms with van der Waals surface area (Å²) in [4.78, 5) is 7.44. The van der Waals surface area contributed by atoms with Crippen LogP contribution in [0.2, 0.25) is 0 Å². The molecule has 1 atom stereocenters. The first-order valence-electron chi connectivity index (χ1n) is 9.12. The topological polar surface area (TPSA) is 61.6 Å². The van der Waals surface area contributed by atoms with Crippen LogP contribution in [-0.2, 0) is 6.18 Å². The maximum Gasteiger partial charge on any atom is 0.438 e. The highest BCUT2D eigenvalue weighted by atomic mass is 32.1. The van der Waals surface area contributed by atoms with Crippen LogP contribution in [-0.4, -0.2) is 32.7 Å². The fraction of sp³-hybridized carbons (Fsp3) is 0.250. The van der Waals surface area contributed by atoms with Crippen molar-refractivity contribution in [2.24, 2.45) is 5.10 Å². The third kappa shape index (κ3) is 3.95. The van der Waals surface area contributed by atoms with Crippen LogP contribution in [0.15, 0.2) is 52.9 Å². The Morgan fingerprint density at radius 1 is 1.03 bits per heavy atom. The molecule has 0 amide bonds. The Bertz CT molecular complexity index is 1160. The number of rotatable bonds is 3. The van der Waals surface area contributed by atoms with Crippen LogP contribution in [0.3, 0.4) is 0 Å². The number of aryl methyl sites for hydroxylation is 1. The Balaban J connectivity index is 1.89. The van der Waals surface area contributed by atoms with Gasteiger partial charge in [0.15, 0.2) is 5.69 Å². The van der Waals surface area contributed by atoms with Crippen LogP contribution in [0.4, 0.5) is 32.3 Å². The normalized spacial score (nSPS) is 19.4. The number of hydrazone groups is 1. The van der Waals surface area contributed by atoms with E-state index in [4.69, 9.17) is 0 Å². The van der Waals surface area contributed by atoms with Gasteiger partial charge in [-0.25, -0.2) is 9.97 Å². The molecule has 1 unspecified atom stereocenters. The van der Waals surface area contributed by atoms with E-state index < -0.39 is 36.1 Å². The maximum absolute atomic E-state index is 13.9. The zero-order chi connectivity index (χ0) is 23.3. The van der Waals surface area contributed by atoms with Crippen LogP contribution in [0, 0.1) is 6.92 Å². The van der Waals surface area contributed by atoms with E-state index in [1.54, 1.807) is 30.5 Å². The average molecular weight is 472 g/mol. The van der Waals surface area contributed by atoms with Gasteiger partial charge in [0.25, 0.3) is 5.72 Å². The monoisotopic (exact) mass is 472 g/mol. The number of alkyl halides is 6. The van der Waals surface area contributed by atoms with Crippen molar-refractivity contribution in [1.29, 1.82) is 0 Å². The summed E-state index contributed by atoms with van der Waals surface area (Å²) in [6, 6.07) is 9.98. The van der Waals surface area contributed by atoms with E-state index in [0.717, 1.165) is 16.9 Å². The number of benzene rings is 1. The zero-order valence-electron chi connectivity index (χ0n) is 16.2. The van der Waals surface area contributed by atoms with Crippen molar-refractivity contribution in [3.63, 3.8) is 0 Å². The predicted octanol–water partition coefficient (Wildman–Crippen LogP) is 5.40. The molecule has 4 rings (SSSR count). The van der Waals surface area contributed by atoms with E-state index in [1.807, 2.05) is 0 Å². The van der Waals surface area contributed by atoms with Gasteiger partial charge < -0.3 is 5.11 Å². The summed E-state index contributed by atoms with van der Waals surface area (Å²) < 4.78 is 82.1. The minimum Gasteiger partial charge on any atom is -0.362 e. The second kappa shape index (κ2) is 7.55. The van der Waals surface area contributed by atoms with Gasteiger partial charge in [0.05, 0.1) is 22.7 Å². The molecule has 1 N–H and O–H groups in total. The van der Waals surface area contributed by atoms with E-state index in [-0.39, 0.29) is 26.9 Å². The first-order chi connectivity index (χ1) is 14.9. The molecule has 168 valence electrons. The van der Waals surface area contributed by atoms with Gasteiger partial charge in [-0.3, -0.25) is 0 Å². The number of halogens is 6. The SMILES string of the molecule is Cc1ccc(C2=NN(c3nc(-c4cccs4)cc(C(F)(F)F)n3)C(O)(C(F)(F)F)C2)cc1. The number of hydrogen-bond donors (Lipinski definition) is 1. The highest BCUT2D eigenvalue weighted by Crippen LogP contribution is 2.44. The molecule has 32 heavy (non-hydrogen) atoms. The summed E-state index contributed by atoms with van der Waals surface area (Å²) >= 11 is 1.05. The summed E-state index contributed by atoms with van der Waals surface area (Å²) in [6.45, 7) is 1.78. The Kier molecular flexibility index (Phi) is 5.24. The van der Waals surface area contributed by atoms with Gasteiger partial charge >= 0.3 is 12.4 Å². The van der Waals surface area contributed by atoms with Crippen molar-refractivity contribution in [1.82, 2.24) is 9.97 Å². The molecule has 1 aromatic carbocycles. The van der Waals surface area contributed by atoms with Gasteiger partial charge in [-0.05, 0) is 30.0 Å². The number of nitrogens with zero attached hydrogens (tertiary/aromatic N) is 4. The van der Waals surface area contributed by atoms with Crippen LogP contribution >= 0.6 is 11.3 Å². The molecular weight excluding hydrogens is 458 g/mol. The van der Waals surface area contributed by atoms with Crippen molar-refractivity contribution >= 4 is 23.0 Å². The molecule has 0 spiro atoms. The second-order valence-corrected chi connectivity index (χ2v) is 8.08. The van der Waals surface area contributed by atoms with Gasteiger partial charge in [0.2, 0.25) is 5.95 Å². The molecule has 0 aliphatic carbocycles. The molecule has 0 saturated heterocycles. The third-order valence-corrected chi connectivity index (χ3v) is 5.68. The van der Waals surface area contributed by atoms with Gasteiger partial charge in [-0.1, -0.05) is 35.9 Å². The standard InChI is InChI=1S/C20H14F6N4OS/c1-11-4-6-12(7-5-11)14-10-18(31,20(24,25)26)30(29-14)17-27-13(15-3-2-8-32-15)9-16(28-17)19(21,22)23/h2-9,31H,10H2,1H3. The molecule has 0 fully saturated rings. The number of aliphatic hydroxyl groups is 1. The summed E-state index contributed by atoms with van der Waals surface area (Å²) in [5.74, 6) is -1.01. The Labute approximate surface area is 181 Å². The molecule has 5 nitrogen and oxygen atoms in total. The summed E-state index contributed by atoms with van der Waals surface area (Å²) in [5.41, 5.74) is -4.34. The van der Waals surface area contributed by atoms with Crippen molar-refractivity contribution in [3.8, 4) is 10.6 Å². The van der Waals surface area contributed by atoms with Gasteiger partial charge in [-0.2, -0.15) is 36.5 Å². The van der Waals surface area contributed by atoms with Gasteiger partial charge in [0, 0.05) is 0 Å². The number of thiophene rings is 1. The smallest absolute Gasteiger partial charge is 0.362 e. The van der Waals surface area contributed by atoms with Crippen molar-refractivity contribution < 1.29 is 31.4 Å². The average Bonchev–Trinajstić information content (AvgIpc) is 3.36. The minimum atomic E-state index is -5.26. The number of aromatic nitrogens is 2. The van der Waals surface area contributed by atoms with E-state index in [0.29, 0.717) is 6.07 Å². The molecule has 0 saturated carbocycles. The Morgan fingerprint density at radius 3 is 2.28 bits per heavy atom. The van der Waals surface area contributed by atoms with Crippen molar-refractivity contribution in [2.45, 2.75) is 31.4 Å². The molecular formula is C20H14F6N4OS. The second-order valence-electron chi connectivity index (χ2n) is 7.13. The summed E-state index contributed by atoms with van der Waals surface area (Å²) in [7, 11) is 0. The molecule has 2 aromatic heterocycles. The lowest BCUT2D eigenvalue weighted by molar-refractivity contribution is -0.254. The number of anilines is 1. The maximum atomic E-state index is 13.9. The fourth-order valence-corrected chi connectivity index (χ4v) is 3.79. The molecule has 12 heteroatoms.